The molecule has 1 unspecified atom stereocenters. The van der Waals surface area contributed by atoms with Crippen molar-refractivity contribution < 1.29 is 23.5 Å². The van der Waals surface area contributed by atoms with Crippen LogP contribution in [-0.2, 0) is 28.8 Å². The monoisotopic (exact) mass is 483 g/mol. The topological polar surface area (TPSA) is 102 Å². The molecule has 0 saturated carbocycles. The minimum Gasteiger partial charge on any atom is -0.487 e. The number of alkyl carbamates (subject to hydrolysis) is 1. The van der Waals surface area contributed by atoms with Crippen LogP contribution in [0.25, 0.3) is 11.0 Å². The summed E-state index contributed by atoms with van der Waals surface area (Å²) in [5, 5.41) is 8.08. The van der Waals surface area contributed by atoms with Crippen molar-refractivity contribution in [2.75, 3.05) is 0 Å². The molecule has 0 fully saturated rings. The molecule has 0 spiro atoms. The number of hydrogen-bond donors (Lipinski definition) is 2. The number of rotatable bonds is 4. The summed E-state index contributed by atoms with van der Waals surface area (Å²) in [5.41, 5.74) is 6.32. The number of hydrogen-bond acceptors (Lipinski definition) is 6. The molecule has 8 nitrogen and oxygen atoms in total. The number of aryl methyl sites for hydroxylation is 2. The van der Waals surface area contributed by atoms with Crippen molar-refractivity contribution in [2.24, 2.45) is 5.10 Å². The van der Waals surface area contributed by atoms with E-state index in [1.807, 2.05) is 13.0 Å². The highest BCUT2D eigenvalue weighted by atomic mass is 16.6. The van der Waals surface area contributed by atoms with E-state index in [9.17, 15) is 9.59 Å². The Morgan fingerprint density at radius 3 is 2.54 bits per heavy atom. The molecule has 0 saturated heterocycles. The van der Waals surface area contributed by atoms with E-state index >= 15 is 0 Å². The van der Waals surface area contributed by atoms with Gasteiger partial charge in [0.2, 0.25) is 5.55 Å². The summed E-state index contributed by atoms with van der Waals surface area (Å²) in [6.07, 6.45) is 5.64. The van der Waals surface area contributed by atoms with E-state index in [0.29, 0.717) is 17.6 Å². The summed E-state index contributed by atoms with van der Waals surface area (Å²) in [6.45, 7) is 11.3. The van der Waals surface area contributed by atoms with Gasteiger partial charge in [0.15, 0.2) is 0 Å². The quantitative estimate of drug-likeness (QED) is 0.617. The Balaban J connectivity index is 1.64. The number of fused-ring (bicyclic) bond motifs is 4. The van der Waals surface area contributed by atoms with Gasteiger partial charge >= 0.3 is 6.09 Å². The third-order valence-corrected chi connectivity index (χ3v) is 6.49. The Hall–Kier alpha value is -3.03. The van der Waals surface area contributed by atoms with Crippen molar-refractivity contribution in [2.45, 2.75) is 104 Å². The van der Waals surface area contributed by atoms with Crippen molar-refractivity contribution in [3.8, 4) is 5.75 Å². The average Bonchev–Trinajstić information content (AvgIpc) is 2.78. The molecule has 2 aromatic rings. The summed E-state index contributed by atoms with van der Waals surface area (Å²) >= 11 is 0. The first-order chi connectivity index (χ1) is 16.5. The van der Waals surface area contributed by atoms with Crippen LogP contribution in [-0.4, -0.2) is 29.2 Å². The Bertz CT molecular complexity index is 1210. The van der Waals surface area contributed by atoms with E-state index < -0.39 is 23.6 Å². The van der Waals surface area contributed by atoms with Gasteiger partial charge in [0.25, 0.3) is 5.91 Å². The summed E-state index contributed by atoms with van der Waals surface area (Å²) < 4.78 is 17.7. The number of carbonyl (C=O) groups is 2. The molecule has 1 aromatic carbocycles. The van der Waals surface area contributed by atoms with Crippen LogP contribution in [0.1, 0.15) is 83.9 Å². The van der Waals surface area contributed by atoms with Gasteiger partial charge < -0.3 is 19.2 Å². The van der Waals surface area contributed by atoms with Crippen LogP contribution in [0.3, 0.4) is 0 Å². The van der Waals surface area contributed by atoms with Gasteiger partial charge in [0, 0.05) is 17.0 Å². The van der Waals surface area contributed by atoms with Crippen molar-refractivity contribution in [3.63, 3.8) is 0 Å². The van der Waals surface area contributed by atoms with Crippen LogP contribution < -0.4 is 21.0 Å². The molecule has 2 N–H and O–H groups in total. The Labute approximate surface area is 206 Å². The molecule has 2 heterocycles. The van der Waals surface area contributed by atoms with Crippen LogP contribution >= 0.6 is 0 Å². The van der Waals surface area contributed by atoms with Crippen LogP contribution in [0.4, 0.5) is 4.79 Å². The highest BCUT2D eigenvalue weighted by molar-refractivity contribution is 5.86. The zero-order valence-corrected chi connectivity index (χ0v) is 21.7. The fourth-order valence-electron chi connectivity index (χ4n) is 4.68. The number of ether oxygens (including phenoxy) is 2. The molecular formula is C27H37N3O5. The van der Waals surface area contributed by atoms with E-state index in [2.05, 4.69) is 35.8 Å². The summed E-state index contributed by atoms with van der Waals surface area (Å²) in [7, 11) is 0. The summed E-state index contributed by atoms with van der Waals surface area (Å²) in [5.74, 6) is 0.421. The van der Waals surface area contributed by atoms with Crippen LogP contribution in [0.15, 0.2) is 21.7 Å². The lowest BCUT2D eigenvalue weighted by Gasteiger charge is -2.33. The van der Waals surface area contributed by atoms with Gasteiger partial charge in [-0.1, -0.05) is 6.92 Å². The molecule has 2 amide bonds. The second-order valence-corrected chi connectivity index (χ2v) is 11.1. The zero-order valence-electron chi connectivity index (χ0n) is 21.7. The molecule has 1 aliphatic carbocycles. The predicted octanol–water partition coefficient (Wildman–Crippen LogP) is 4.65. The number of amides is 2. The van der Waals surface area contributed by atoms with Crippen molar-refractivity contribution >= 4 is 23.0 Å². The van der Waals surface area contributed by atoms with E-state index in [1.54, 1.807) is 20.8 Å². The SMILES string of the molecule is CCC(NC(=O)OC(C)(C)C)C(=O)NN=c1oc2cc3c(cc2c2c1CCCC2)CCC(C)(C)O3. The average molecular weight is 484 g/mol. The van der Waals surface area contributed by atoms with Crippen molar-refractivity contribution in [1.82, 2.24) is 10.7 Å². The maximum atomic E-state index is 12.8. The first kappa shape index (κ1) is 25.1. The second kappa shape index (κ2) is 9.55. The number of benzene rings is 1. The normalized spacial score (nSPS) is 18.2. The first-order valence-corrected chi connectivity index (χ1v) is 12.6. The fraction of sp³-hybridized carbons (Fsp3) is 0.593. The number of nitrogens with one attached hydrogen (secondary N) is 2. The van der Waals surface area contributed by atoms with Crippen molar-refractivity contribution in [3.05, 3.63) is 34.4 Å². The van der Waals surface area contributed by atoms with E-state index in [1.165, 1.54) is 11.1 Å². The van der Waals surface area contributed by atoms with Gasteiger partial charge in [-0.25, -0.2) is 10.2 Å². The highest BCUT2D eigenvalue weighted by Gasteiger charge is 2.28. The summed E-state index contributed by atoms with van der Waals surface area (Å²) in [4.78, 5) is 24.9. The molecule has 35 heavy (non-hydrogen) atoms. The molecule has 0 radical (unpaired) electrons. The molecule has 0 bridgehead atoms. The Kier molecular flexibility index (Phi) is 6.84. The lowest BCUT2D eigenvalue weighted by atomic mass is 9.88. The maximum Gasteiger partial charge on any atom is 0.408 e. The van der Waals surface area contributed by atoms with Gasteiger partial charge in [-0.2, -0.15) is 0 Å². The lowest BCUT2D eigenvalue weighted by molar-refractivity contribution is -0.123. The molecule has 8 heteroatoms. The van der Waals surface area contributed by atoms with Gasteiger partial charge in [0.05, 0.1) is 0 Å². The minimum atomic E-state index is -0.771. The van der Waals surface area contributed by atoms with Crippen LogP contribution in [0.5, 0.6) is 5.75 Å². The number of carbonyl (C=O) groups excluding carboxylic acids is 2. The highest BCUT2D eigenvalue weighted by Crippen LogP contribution is 2.37. The molecular weight excluding hydrogens is 446 g/mol. The summed E-state index contributed by atoms with van der Waals surface area (Å²) in [6, 6.07) is 3.39. The Morgan fingerprint density at radius 2 is 1.86 bits per heavy atom. The molecule has 1 aliphatic heterocycles. The smallest absolute Gasteiger partial charge is 0.408 e. The van der Waals surface area contributed by atoms with Gasteiger partial charge in [-0.3, -0.25) is 4.79 Å². The third-order valence-electron chi connectivity index (χ3n) is 6.49. The molecule has 1 atom stereocenters. The molecule has 1 aromatic heterocycles. The van der Waals surface area contributed by atoms with Crippen LogP contribution in [0.2, 0.25) is 0 Å². The van der Waals surface area contributed by atoms with E-state index in [0.717, 1.165) is 55.2 Å². The first-order valence-electron chi connectivity index (χ1n) is 12.6. The zero-order chi connectivity index (χ0) is 25.4. The molecule has 4 rings (SSSR count). The van der Waals surface area contributed by atoms with Gasteiger partial charge in [0.1, 0.15) is 28.6 Å². The predicted molar refractivity (Wildman–Crippen MR) is 133 cm³/mol. The number of nitrogens with zero attached hydrogens (tertiary/aromatic N) is 1. The lowest BCUT2D eigenvalue weighted by Crippen LogP contribution is -2.47. The van der Waals surface area contributed by atoms with E-state index in [-0.39, 0.29) is 5.60 Å². The maximum absolute atomic E-state index is 12.8. The van der Waals surface area contributed by atoms with Crippen molar-refractivity contribution in [1.29, 1.82) is 0 Å². The third kappa shape index (κ3) is 5.80. The largest absolute Gasteiger partial charge is 0.487 e. The van der Waals surface area contributed by atoms with E-state index in [4.69, 9.17) is 13.9 Å². The molecule has 190 valence electrons. The van der Waals surface area contributed by atoms with Gasteiger partial charge in [-0.15, -0.1) is 5.10 Å². The standard InChI is InChI=1S/C27H37N3O5/c1-7-20(28-25(32)35-26(2,3)4)23(31)29-30-24-18-11-9-8-10-17(18)19-14-16-12-13-27(5,6)34-21(16)15-22(19)33-24/h14-15,20H,7-13H2,1-6H3,(H,28,32)(H,29,31). The molecule has 2 aliphatic rings. The fourth-order valence-corrected chi connectivity index (χ4v) is 4.68. The second-order valence-electron chi connectivity index (χ2n) is 11.1. The van der Waals surface area contributed by atoms with Crippen LogP contribution in [0, 0.1) is 0 Å². The van der Waals surface area contributed by atoms with Gasteiger partial charge in [-0.05, 0) is 96.8 Å². The minimum absolute atomic E-state index is 0.216. The Morgan fingerprint density at radius 1 is 1.14 bits per heavy atom.